The Hall–Kier alpha value is 2.30. The summed E-state index contributed by atoms with van der Waals surface area (Å²) in [4.78, 5) is 0. The van der Waals surface area contributed by atoms with E-state index in [1.807, 2.05) is 0 Å². The molecule has 0 atom stereocenters. The molecule has 5 heteroatoms. The molecule has 0 aromatic carbocycles. The van der Waals surface area contributed by atoms with Crippen molar-refractivity contribution in [2.75, 3.05) is 0 Å². The molecule has 0 rings (SSSR count). The Morgan fingerprint density at radius 2 is 1.20 bits per heavy atom. The zero-order valence-corrected chi connectivity index (χ0v) is 10.6. The minimum Gasteiger partial charge on any atom is 0 e. The van der Waals surface area contributed by atoms with E-state index in [4.69, 9.17) is 0 Å². The fourth-order valence-corrected chi connectivity index (χ4v) is 0. The third-order valence-corrected chi connectivity index (χ3v) is 0. The fourth-order valence-electron chi connectivity index (χ4n) is 0. The molecule has 0 aliphatic carbocycles. The summed E-state index contributed by atoms with van der Waals surface area (Å²) in [5.41, 5.74) is 0. The molecule has 0 fully saturated rings. The molecule has 0 aromatic heterocycles. The summed E-state index contributed by atoms with van der Waals surface area (Å²) in [6.45, 7) is 0. The van der Waals surface area contributed by atoms with E-state index in [1.165, 1.54) is 18.0 Å². The van der Waals surface area contributed by atoms with E-state index >= 15 is 0 Å². The van der Waals surface area contributed by atoms with Gasteiger partial charge in [0.05, 0.1) is 0 Å². The molecular weight excluding hydrogens is 464 g/mol. The summed E-state index contributed by atoms with van der Waals surface area (Å²) in [5, 5.41) is 0. The predicted octanol–water partition coefficient (Wildman–Crippen LogP) is 1.40. The van der Waals surface area contributed by atoms with Gasteiger partial charge in [-0.05, 0) is 0 Å². The van der Waals surface area contributed by atoms with Gasteiger partial charge in [-0.2, -0.15) is 0 Å². The first-order valence-corrected chi connectivity index (χ1v) is 5.89. The van der Waals surface area contributed by atoms with Gasteiger partial charge in [-0.1, -0.05) is 0 Å². The fraction of sp³-hybridized carbons (Fsp3) is 0. The predicted molar refractivity (Wildman–Crippen MR) is 25.6 cm³/mol. The van der Waals surface area contributed by atoms with Gasteiger partial charge in [-0.15, -0.1) is 23.3 Å². The van der Waals surface area contributed by atoms with Crippen LogP contribution in [0.3, 0.4) is 0 Å². The third kappa shape index (κ3) is 22.0. The zero-order chi connectivity index (χ0) is 4.00. The molecule has 0 bridgehead atoms. The van der Waals surface area contributed by atoms with E-state index in [9.17, 15) is 0 Å². The van der Waals surface area contributed by atoms with Crippen molar-refractivity contribution >= 4 is 33.1 Å². The van der Waals surface area contributed by atoms with E-state index in [-0.39, 0.29) is 21.1 Å². The van der Waals surface area contributed by atoms with Crippen molar-refractivity contribution in [2.45, 2.75) is 0 Å². The monoisotopic (exact) mass is 466 g/mol. The van der Waals surface area contributed by atoms with Gasteiger partial charge in [0.1, 0.15) is 0 Å². The van der Waals surface area contributed by atoms with Crippen LogP contribution in [0.5, 0.6) is 0 Å². The Kier molecular flexibility index (Phi) is 105. The second-order valence-electron chi connectivity index (χ2n) is 0. The Bertz CT molecular complexity index is 4.85. The third-order valence-electron chi connectivity index (χ3n) is 0. The van der Waals surface area contributed by atoms with Gasteiger partial charge in [0, 0.05) is 21.1 Å². The zero-order valence-electron chi connectivity index (χ0n) is 2.12. The van der Waals surface area contributed by atoms with Crippen molar-refractivity contribution in [1.29, 1.82) is 0 Å². The maximum atomic E-state index is 4.17. The SMILES string of the molecule is SS.[S]=[W].[W]. The minimum atomic E-state index is 0. The summed E-state index contributed by atoms with van der Waals surface area (Å²) in [7, 11) is 4.17. The van der Waals surface area contributed by atoms with Crippen molar-refractivity contribution in [2.24, 2.45) is 0 Å². The molecule has 0 saturated heterocycles. The molecule has 0 radical (unpaired) electrons. The van der Waals surface area contributed by atoms with Crippen LogP contribution in [-0.2, 0) is 39.1 Å². The van der Waals surface area contributed by atoms with E-state index in [0.717, 1.165) is 0 Å². The normalized spacial score (nSPS) is 2.00. The number of hydrogen-bond donors (Lipinski definition) is 2. The van der Waals surface area contributed by atoms with Crippen LogP contribution in [0, 0.1) is 0 Å². The largest absolute Gasteiger partial charge is 0 e. The van der Waals surface area contributed by atoms with Crippen LogP contribution in [0.2, 0.25) is 0 Å². The Morgan fingerprint density at radius 3 is 1.20 bits per heavy atom. The van der Waals surface area contributed by atoms with Gasteiger partial charge in [0.2, 0.25) is 0 Å². The van der Waals surface area contributed by atoms with Crippen molar-refractivity contribution in [3.05, 3.63) is 0 Å². The van der Waals surface area contributed by atoms with Crippen LogP contribution < -0.4 is 0 Å². The Morgan fingerprint density at radius 1 is 1.20 bits per heavy atom. The van der Waals surface area contributed by atoms with E-state index in [0.29, 0.717) is 0 Å². The van der Waals surface area contributed by atoms with Crippen LogP contribution in [-0.4, -0.2) is 0 Å². The Labute approximate surface area is 71.3 Å². The number of hydrogen-bond acceptors (Lipinski definition) is 3. The Balaban J connectivity index is -0.0000000133. The molecule has 0 saturated carbocycles. The molecule has 32 valence electrons. The molecule has 0 aliphatic rings. The van der Waals surface area contributed by atoms with Gasteiger partial charge in [0.15, 0.2) is 0 Å². The molecule has 0 N–H and O–H groups in total. The van der Waals surface area contributed by atoms with Crippen molar-refractivity contribution in [3.63, 3.8) is 0 Å². The van der Waals surface area contributed by atoms with Gasteiger partial charge in [-0.25, -0.2) is 0 Å². The van der Waals surface area contributed by atoms with Crippen LogP contribution in [0.4, 0.5) is 0 Å². The van der Waals surface area contributed by atoms with Gasteiger partial charge in [0.25, 0.3) is 0 Å². The molecule has 0 spiro atoms. The van der Waals surface area contributed by atoms with Gasteiger partial charge < -0.3 is 0 Å². The standard InChI is InChI=1S/H2S2.S.2W/c1-2;;;/h1-2H;;;. The van der Waals surface area contributed by atoms with Crippen LogP contribution in [0.25, 0.3) is 0 Å². The summed E-state index contributed by atoms with van der Waals surface area (Å²) < 4.78 is 0. The van der Waals surface area contributed by atoms with Crippen LogP contribution >= 0.6 is 33.1 Å². The van der Waals surface area contributed by atoms with Crippen molar-refractivity contribution in [1.82, 2.24) is 0 Å². The molecule has 0 unspecified atom stereocenters. The number of rotatable bonds is 0. The summed E-state index contributed by atoms with van der Waals surface area (Å²) in [6, 6.07) is 0. The molecule has 0 amide bonds. The molecular formula is H2S3W2. The average Bonchev–Trinajstić information content (AvgIpc) is 1.50. The van der Waals surface area contributed by atoms with E-state index in [1.54, 1.807) is 0 Å². The molecule has 0 heterocycles. The number of thiol groups is 2. The average molecular weight is 466 g/mol. The second-order valence-corrected chi connectivity index (χ2v) is 0. The molecule has 0 aromatic rings. The molecule has 0 nitrogen and oxygen atoms in total. The van der Waals surface area contributed by atoms with E-state index < -0.39 is 0 Å². The molecule has 0 aliphatic heterocycles. The first-order valence-electron chi connectivity index (χ1n) is 0.367. The van der Waals surface area contributed by atoms with Crippen molar-refractivity contribution < 1.29 is 39.1 Å². The van der Waals surface area contributed by atoms with Crippen LogP contribution in [0.15, 0.2) is 0 Å². The van der Waals surface area contributed by atoms with Gasteiger partial charge in [-0.3, -0.25) is 0 Å². The first-order chi connectivity index (χ1) is 2.00. The first kappa shape index (κ1) is 15.7. The maximum absolute atomic E-state index is 4.17. The van der Waals surface area contributed by atoms with Crippen molar-refractivity contribution in [3.8, 4) is 0 Å². The second kappa shape index (κ2) is 33.5. The smallest absolute Gasteiger partial charge is 0 e. The minimum absolute atomic E-state index is 0. The van der Waals surface area contributed by atoms with E-state index in [2.05, 4.69) is 33.1 Å². The van der Waals surface area contributed by atoms with Gasteiger partial charge >= 0.3 is 27.8 Å². The molecule has 5 heavy (non-hydrogen) atoms. The summed E-state index contributed by atoms with van der Waals surface area (Å²) in [5.74, 6) is 0. The quantitative estimate of drug-likeness (QED) is 0.403. The van der Waals surface area contributed by atoms with Crippen LogP contribution in [0.1, 0.15) is 0 Å². The maximum Gasteiger partial charge on any atom is 0 e. The summed E-state index contributed by atoms with van der Waals surface area (Å²) in [6.07, 6.45) is 0. The summed E-state index contributed by atoms with van der Waals surface area (Å²) >= 11 is 7.61. The topological polar surface area (TPSA) is 0 Å².